The van der Waals surface area contributed by atoms with Gasteiger partial charge in [0.1, 0.15) is 12.0 Å². The lowest BCUT2D eigenvalue weighted by Gasteiger charge is -2.35. The van der Waals surface area contributed by atoms with Gasteiger partial charge in [0.05, 0.1) is 24.7 Å². The number of ether oxygens (including phenoxy) is 2. The number of benzene rings is 1. The van der Waals surface area contributed by atoms with Gasteiger partial charge in [-0.3, -0.25) is 10.1 Å². The van der Waals surface area contributed by atoms with Gasteiger partial charge in [0, 0.05) is 17.7 Å². The molecule has 0 bridgehead atoms. The molecule has 6 heteroatoms. The Morgan fingerprint density at radius 3 is 2.54 bits per heavy atom. The maximum atomic E-state index is 13.2. The van der Waals surface area contributed by atoms with E-state index in [1.165, 1.54) is 0 Å². The molecule has 1 saturated carbocycles. The number of rotatable bonds is 3. The predicted octanol–water partition coefficient (Wildman–Crippen LogP) is 2.56. The lowest BCUT2D eigenvalue weighted by Crippen LogP contribution is -2.50. The summed E-state index contributed by atoms with van der Waals surface area (Å²) >= 11 is 6.10. The largest absolute Gasteiger partial charge is 0.496 e. The third kappa shape index (κ3) is 2.84. The fourth-order valence-electron chi connectivity index (χ4n) is 4.17. The Hall–Kier alpha value is -1.14. The van der Waals surface area contributed by atoms with Crippen LogP contribution in [0.5, 0.6) is 5.75 Å². The number of hydrogen-bond acceptors (Lipinski definition) is 5. The Labute approximate surface area is 147 Å². The van der Waals surface area contributed by atoms with Crippen LogP contribution < -0.4 is 10.1 Å². The lowest BCUT2D eigenvalue weighted by atomic mass is 9.75. The molecule has 2 fully saturated rings. The van der Waals surface area contributed by atoms with Gasteiger partial charge in [-0.1, -0.05) is 11.6 Å². The summed E-state index contributed by atoms with van der Waals surface area (Å²) < 4.78 is 10.8. The maximum absolute atomic E-state index is 13.2. The molecule has 1 saturated heterocycles. The zero-order chi connectivity index (χ0) is 17.5. The minimum atomic E-state index is -0.926. The highest BCUT2D eigenvalue weighted by molar-refractivity contribution is 6.30. The van der Waals surface area contributed by atoms with Crippen molar-refractivity contribution in [2.75, 3.05) is 14.2 Å². The van der Waals surface area contributed by atoms with Crippen LogP contribution in [-0.4, -0.2) is 43.0 Å². The molecular formula is C18H24ClNO4. The van der Waals surface area contributed by atoms with Crippen molar-refractivity contribution in [3.05, 3.63) is 28.3 Å². The lowest BCUT2D eigenvalue weighted by molar-refractivity contribution is -0.125. The van der Waals surface area contributed by atoms with Gasteiger partial charge in [0.15, 0.2) is 5.78 Å². The van der Waals surface area contributed by atoms with Gasteiger partial charge in [-0.15, -0.1) is 0 Å². The Morgan fingerprint density at radius 2 is 1.96 bits per heavy atom. The molecule has 1 aromatic rings. The summed E-state index contributed by atoms with van der Waals surface area (Å²) in [6.45, 7) is 1.89. The van der Waals surface area contributed by atoms with Crippen LogP contribution in [-0.2, 0) is 9.53 Å². The highest BCUT2D eigenvalue weighted by Crippen LogP contribution is 2.44. The zero-order valence-corrected chi connectivity index (χ0v) is 15.0. The number of ketones is 1. The third-order valence-electron chi connectivity index (χ3n) is 5.46. The first-order chi connectivity index (χ1) is 11.4. The summed E-state index contributed by atoms with van der Waals surface area (Å²) in [6.07, 6.45) is 2.23. The van der Waals surface area contributed by atoms with Gasteiger partial charge < -0.3 is 14.6 Å². The first-order valence-electron chi connectivity index (χ1n) is 8.29. The quantitative estimate of drug-likeness (QED) is 0.874. The summed E-state index contributed by atoms with van der Waals surface area (Å²) in [5, 5.41) is 14.3. The van der Waals surface area contributed by atoms with E-state index in [1.54, 1.807) is 26.4 Å². The van der Waals surface area contributed by atoms with Crippen LogP contribution in [0.2, 0.25) is 5.02 Å². The van der Waals surface area contributed by atoms with Gasteiger partial charge in [0.2, 0.25) is 0 Å². The molecular weight excluding hydrogens is 330 g/mol. The average molecular weight is 354 g/mol. The summed E-state index contributed by atoms with van der Waals surface area (Å²) in [7, 11) is 3.25. The molecule has 132 valence electrons. The van der Waals surface area contributed by atoms with E-state index < -0.39 is 17.7 Å². The van der Waals surface area contributed by atoms with E-state index in [9.17, 15) is 9.90 Å². The number of nitrogens with one attached hydrogen (secondary N) is 1. The summed E-state index contributed by atoms with van der Waals surface area (Å²) in [5.74, 6) is -0.0635. The normalized spacial score (nSPS) is 33.2. The van der Waals surface area contributed by atoms with Crippen molar-refractivity contribution in [3.8, 4) is 5.75 Å². The van der Waals surface area contributed by atoms with Gasteiger partial charge >= 0.3 is 0 Å². The fraction of sp³-hybridized carbons (Fsp3) is 0.611. The predicted molar refractivity (Wildman–Crippen MR) is 91.6 cm³/mol. The minimum Gasteiger partial charge on any atom is -0.496 e. The number of carbonyl (C=O) groups is 1. The van der Waals surface area contributed by atoms with E-state index in [2.05, 4.69) is 5.32 Å². The molecule has 2 aliphatic rings. The Bertz CT molecular complexity index is 640. The molecule has 5 nitrogen and oxygen atoms in total. The van der Waals surface area contributed by atoms with E-state index in [0.717, 1.165) is 24.0 Å². The van der Waals surface area contributed by atoms with E-state index in [1.807, 2.05) is 6.92 Å². The molecule has 1 aromatic carbocycles. The van der Waals surface area contributed by atoms with E-state index >= 15 is 0 Å². The number of aliphatic hydroxyl groups excluding tert-OH is 1. The van der Waals surface area contributed by atoms with Crippen molar-refractivity contribution in [3.63, 3.8) is 0 Å². The topological polar surface area (TPSA) is 67.8 Å². The summed E-state index contributed by atoms with van der Waals surface area (Å²) in [6, 6.07) is 3.49. The number of Topliss-reactive ketones (excluding diaryl/α,β-unsaturated/α-hetero) is 1. The molecule has 0 aromatic heterocycles. The maximum Gasteiger partial charge on any atom is 0.164 e. The molecule has 2 N–H and O–H groups in total. The first-order valence-corrected chi connectivity index (χ1v) is 8.66. The van der Waals surface area contributed by atoms with Crippen molar-refractivity contribution < 1.29 is 19.4 Å². The molecule has 1 aliphatic heterocycles. The zero-order valence-electron chi connectivity index (χ0n) is 14.3. The van der Waals surface area contributed by atoms with Gasteiger partial charge in [-0.2, -0.15) is 0 Å². The number of aryl methyl sites for hydroxylation is 1. The van der Waals surface area contributed by atoms with Crippen molar-refractivity contribution in [1.29, 1.82) is 0 Å². The second-order valence-electron chi connectivity index (χ2n) is 6.79. The molecule has 1 heterocycles. The van der Waals surface area contributed by atoms with Crippen LogP contribution in [0.3, 0.4) is 0 Å². The van der Waals surface area contributed by atoms with Crippen molar-refractivity contribution in [1.82, 2.24) is 5.32 Å². The van der Waals surface area contributed by atoms with Gasteiger partial charge in [0.25, 0.3) is 0 Å². The molecule has 1 aliphatic carbocycles. The smallest absolute Gasteiger partial charge is 0.164 e. The number of halogens is 1. The molecule has 2 unspecified atom stereocenters. The molecule has 0 radical (unpaired) electrons. The molecule has 24 heavy (non-hydrogen) atoms. The second kappa shape index (κ2) is 6.64. The monoisotopic (exact) mass is 353 g/mol. The van der Waals surface area contributed by atoms with Crippen LogP contribution in [0.15, 0.2) is 12.1 Å². The van der Waals surface area contributed by atoms with Gasteiger partial charge in [-0.05, 0) is 50.3 Å². The number of carbonyl (C=O) groups excluding carboxylic acids is 1. The van der Waals surface area contributed by atoms with Crippen LogP contribution in [0.4, 0.5) is 0 Å². The van der Waals surface area contributed by atoms with Crippen molar-refractivity contribution in [2.24, 2.45) is 0 Å². The fourth-order valence-corrected chi connectivity index (χ4v) is 4.43. The Balaban J connectivity index is 1.95. The Kier molecular flexibility index (Phi) is 4.89. The highest BCUT2D eigenvalue weighted by Gasteiger charge is 2.54. The van der Waals surface area contributed by atoms with Crippen LogP contribution in [0.1, 0.15) is 42.7 Å². The van der Waals surface area contributed by atoms with Crippen LogP contribution in [0, 0.1) is 6.92 Å². The minimum absolute atomic E-state index is 0.0354. The van der Waals surface area contributed by atoms with E-state index in [-0.39, 0.29) is 11.9 Å². The summed E-state index contributed by atoms with van der Waals surface area (Å²) in [4.78, 5) is 13.2. The summed E-state index contributed by atoms with van der Waals surface area (Å²) in [5.41, 5.74) is 0.898. The average Bonchev–Trinajstić information content (AvgIpc) is 2.79. The van der Waals surface area contributed by atoms with Crippen molar-refractivity contribution >= 4 is 17.4 Å². The van der Waals surface area contributed by atoms with Crippen molar-refractivity contribution in [2.45, 2.75) is 56.4 Å². The third-order valence-corrected chi connectivity index (χ3v) is 5.68. The number of methoxy groups -OCH3 is 2. The second-order valence-corrected chi connectivity index (χ2v) is 7.22. The van der Waals surface area contributed by atoms with Crippen LogP contribution >= 0.6 is 11.6 Å². The van der Waals surface area contributed by atoms with Gasteiger partial charge in [-0.25, -0.2) is 0 Å². The Morgan fingerprint density at radius 1 is 1.29 bits per heavy atom. The van der Waals surface area contributed by atoms with E-state index in [0.29, 0.717) is 23.6 Å². The number of aliphatic hydroxyl groups is 1. The molecule has 1 spiro atoms. The van der Waals surface area contributed by atoms with Crippen LogP contribution in [0.25, 0.3) is 0 Å². The number of hydrogen-bond donors (Lipinski definition) is 2. The molecule has 3 rings (SSSR count). The first kappa shape index (κ1) is 17.7. The standard InChI is InChI=1S/C18H24ClNO4/c1-10-8-11(19)9-13(24-3)14(10)15-16(21)18(20-17(15)22)6-4-12(23-2)5-7-18/h8-9,12,15,17,20,22H,4-7H2,1-3H3. The molecule has 0 amide bonds. The van der Waals surface area contributed by atoms with E-state index in [4.69, 9.17) is 21.1 Å². The highest BCUT2D eigenvalue weighted by atomic mass is 35.5. The molecule has 2 atom stereocenters. The SMILES string of the molecule is COc1cc(Cl)cc(C)c1C1C(=O)C2(CCC(OC)CC2)NC1O.